The molecule has 2 aromatic heterocycles. The van der Waals surface area contributed by atoms with Crippen LogP contribution in [0.3, 0.4) is 0 Å². The van der Waals surface area contributed by atoms with Gasteiger partial charge >= 0.3 is 5.69 Å². The average Bonchev–Trinajstić information content (AvgIpc) is 2.59. The second kappa shape index (κ2) is 3.26. The third kappa shape index (κ3) is 1.13. The molecule has 0 aliphatic carbocycles. The van der Waals surface area contributed by atoms with Crippen molar-refractivity contribution >= 4 is 22.1 Å². The van der Waals surface area contributed by atoms with Crippen LogP contribution in [-0.2, 0) is 14.1 Å². The van der Waals surface area contributed by atoms with Crippen LogP contribution >= 0.6 is 0 Å². The van der Waals surface area contributed by atoms with Gasteiger partial charge < -0.3 is 4.98 Å². The Labute approximate surface area is 83.2 Å². The minimum Gasteiger partial charge on any atom is -0.339 e. The molecular weight excluding hydrogens is 200 g/mol. The number of aromatic nitrogens is 4. The van der Waals surface area contributed by atoms with Crippen LogP contribution < -0.4 is 11.2 Å². The van der Waals surface area contributed by atoms with Gasteiger partial charge in [0.25, 0.3) is 5.56 Å². The Morgan fingerprint density at radius 2 is 1.93 bits per heavy atom. The van der Waals surface area contributed by atoms with E-state index in [4.69, 9.17) is 0 Å². The molecule has 6 nitrogen and oxygen atoms in total. The first-order chi connectivity index (χ1) is 6.13. The molecule has 0 bridgehead atoms. The number of imidazole rings is 1. The number of aryl methyl sites for hydroxylation is 1. The summed E-state index contributed by atoms with van der Waals surface area (Å²) in [6.07, 6.45) is 1.39. The average molecular weight is 212 g/mol. The van der Waals surface area contributed by atoms with Crippen LogP contribution in [0.5, 0.6) is 0 Å². The second-order valence-corrected chi connectivity index (χ2v) is 2.81. The zero-order valence-electron chi connectivity index (χ0n) is 7.24. The lowest BCUT2D eigenvalue weighted by Crippen LogP contribution is -2.36. The number of fused-ring (bicyclic) bond motifs is 1. The van der Waals surface area contributed by atoms with Crippen molar-refractivity contribution in [3.63, 3.8) is 0 Å². The summed E-state index contributed by atoms with van der Waals surface area (Å²) in [5, 5.41) is 0. The molecule has 0 saturated carbocycles. The maximum Gasteiger partial charge on any atom is 0.332 e. The number of rotatable bonds is 0. The van der Waals surface area contributed by atoms with Gasteiger partial charge in [0.15, 0.2) is 5.65 Å². The molecule has 2 aromatic rings. The zero-order valence-corrected chi connectivity index (χ0v) is 7.24. The van der Waals surface area contributed by atoms with Crippen LogP contribution in [0.4, 0.5) is 0 Å². The van der Waals surface area contributed by atoms with E-state index in [0.29, 0.717) is 11.2 Å². The first-order valence-corrected chi connectivity index (χ1v) is 3.72. The van der Waals surface area contributed by atoms with Crippen molar-refractivity contribution in [1.29, 1.82) is 0 Å². The molecule has 0 fully saturated rings. The highest BCUT2D eigenvalue weighted by molar-refractivity contribution is 5.75. The number of hydrogen-bond donors (Lipinski definition) is 1. The van der Waals surface area contributed by atoms with E-state index in [1.165, 1.54) is 17.9 Å². The Balaban J connectivity index is 0.000000980. The molecule has 0 amide bonds. The monoisotopic (exact) mass is 212 g/mol. The van der Waals surface area contributed by atoms with Gasteiger partial charge in [-0.25, -0.2) is 9.78 Å². The van der Waals surface area contributed by atoms with Gasteiger partial charge in [0.05, 0.1) is 6.33 Å². The molecule has 76 valence electrons. The SMILES string of the molecule is Cn1c(=O)c2[nH]cnc2n(C)c1=O.[SiH4]. The standard InChI is InChI=1S/C7H8N4O2.H4Si/c1-10-5-4(8-3-9-5)6(12)11(2)7(10)13;/h3H,1-2H3,(H,8,9);1H4. The Kier molecular flexibility index (Phi) is 2.43. The summed E-state index contributed by atoms with van der Waals surface area (Å²) in [6.45, 7) is 0. The lowest BCUT2D eigenvalue weighted by molar-refractivity contribution is 0.709. The van der Waals surface area contributed by atoms with Gasteiger partial charge in [0.2, 0.25) is 0 Å². The number of H-pyrrole nitrogens is 1. The highest BCUT2D eigenvalue weighted by atomic mass is 28.1. The van der Waals surface area contributed by atoms with E-state index in [1.54, 1.807) is 7.05 Å². The number of nitrogens with zero attached hydrogens (tertiary/aromatic N) is 3. The summed E-state index contributed by atoms with van der Waals surface area (Å²) in [4.78, 5) is 29.4. The molecule has 0 aliphatic rings. The predicted molar refractivity (Wildman–Crippen MR) is 57.9 cm³/mol. The topological polar surface area (TPSA) is 72.7 Å². The Morgan fingerprint density at radius 3 is 2.57 bits per heavy atom. The van der Waals surface area contributed by atoms with Gasteiger partial charge in [-0.1, -0.05) is 0 Å². The van der Waals surface area contributed by atoms with Gasteiger partial charge in [0.1, 0.15) is 5.52 Å². The van der Waals surface area contributed by atoms with E-state index in [-0.39, 0.29) is 22.2 Å². The fraction of sp³-hybridized carbons (Fsp3) is 0.286. The Bertz CT molecular complexity index is 579. The van der Waals surface area contributed by atoms with Gasteiger partial charge in [-0.05, 0) is 11.0 Å². The molecule has 7 heteroatoms. The first-order valence-electron chi connectivity index (χ1n) is 3.72. The summed E-state index contributed by atoms with van der Waals surface area (Å²) >= 11 is 0. The summed E-state index contributed by atoms with van der Waals surface area (Å²) in [7, 11) is 3.01. The van der Waals surface area contributed by atoms with E-state index >= 15 is 0 Å². The van der Waals surface area contributed by atoms with Crippen molar-refractivity contribution in [1.82, 2.24) is 19.1 Å². The molecule has 0 unspecified atom stereocenters. The molecule has 0 aromatic carbocycles. The Hall–Kier alpha value is -1.63. The summed E-state index contributed by atoms with van der Waals surface area (Å²) in [6, 6.07) is 0. The van der Waals surface area contributed by atoms with Gasteiger partial charge in [0, 0.05) is 14.1 Å². The molecule has 0 spiro atoms. The molecule has 14 heavy (non-hydrogen) atoms. The van der Waals surface area contributed by atoms with Crippen molar-refractivity contribution in [2.75, 3.05) is 0 Å². The van der Waals surface area contributed by atoms with E-state index in [0.717, 1.165) is 4.57 Å². The molecule has 2 heterocycles. The molecule has 1 N–H and O–H groups in total. The van der Waals surface area contributed by atoms with Crippen molar-refractivity contribution in [2.45, 2.75) is 0 Å². The Morgan fingerprint density at radius 1 is 1.29 bits per heavy atom. The van der Waals surface area contributed by atoms with E-state index in [1.807, 2.05) is 0 Å². The van der Waals surface area contributed by atoms with Gasteiger partial charge in [-0.15, -0.1) is 0 Å². The molecular formula is C7H12N4O2Si. The number of aromatic amines is 1. The molecule has 0 radical (unpaired) electrons. The predicted octanol–water partition coefficient (Wildman–Crippen LogP) is -2.49. The van der Waals surface area contributed by atoms with E-state index in [9.17, 15) is 9.59 Å². The zero-order chi connectivity index (χ0) is 9.59. The normalized spacial score (nSPS) is 10.1. The smallest absolute Gasteiger partial charge is 0.332 e. The maximum absolute atomic E-state index is 11.4. The molecule has 0 aliphatic heterocycles. The minimum atomic E-state index is -0.371. The lowest BCUT2D eigenvalue weighted by atomic mass is 10.5. The van der Waals surface area contributed by atoms with Crippen LogP contribution in [0, 0.1) is 0 Å². The van der Waals surface area contributed by atoms with E-state index in [2.05, 4.69) is 9.97 Å². The first kappa shape index (κ1) is 10.4. The fourth-order valence-electron chi connectivity index (χ4n) is 1.27. The van der Waals surface area contributed by atoms with Crippen molar-refractivity contribution in [3.05, 3.63) is 27.2 Å². The van der Waals surface area contributed by atoms with Crippen molar-refractivity contribution in [2.24, 2.45) is 14.1 Å². The highest BCUT2D eigenvalue weighted by Gasteiger charge is 2.08. The number of hydrogen-bond acceptors (Lipinski definition) is 3. The third-order valence-electron chi connectivity index (χ3n) is 2.03. The van der Waals surface area contributed by atoms with Gasteiger partial charge in [-0.3, -0.25) is 13.9 Å². The minimum absolute atomic E-state index is 0. The van der Waals surface area contributed by atoms with Gasteiger partial charge in [-0.2, -0.15) is 0 Å². The van der Waals surface area contributed by atoms with Crippen LogP contribution in [0.15, 0.2) is 15.9 Å². The summed E-state index contributed by atoms with van der Waals surface area (Å²) in [5.41, 5.74) is 0.0119. The molecule has 0 saturated heterocycles. The molecule has 2 rings (SSSR count). The van der Waals surface area contributed by atoms with E-state index < -0.39 is 0 Å². The second-order valence-electron chi connectivity index (χ2n) is 2.81. The van der Waals surface area contributed by atoms with Crippen LogP contribution in [0.25, 0.3) is 11.2 Å². The fourth-order valence-corrected chi connectivity index (χ4v) is 1.27. The van der Waals surface area contributed by atoms with Crippen LogP contribution in [-0.4, -0.2) is 30.1 Å². The molecule has 0 atom stereocenters. The number of nitrogens with one attached hydrogen (secondary N) is 1. The van der Waals surface area contributed by atoms with Crippen molar-refractivity contribution < 1.29 is 0 Å². The quantitative estimate of drug-likeness (QED) is 0.491. The summed E-state index contributed by atoms with van der Waals surface area (Å²) in [5.74, 6) is 0. The largest absolute Gasteiger partial charge is 0.339 e. The summed E-state index contributed by atoms with van der Waals surface area (Å²) < 4.78 is 2.37. The lowest BCUT2D eigenvalue weighted by Gasteiger charge is -2.00. The van der Waals surface area contributed by atoms with Crippen LogP contribution in [0.2, 0.25) is 0 Å². The maximum atomic E-state index is 11.4. The third-order valence-corrected chi connectivity index (χ3v) is 2.03. The van der Waals surface area contributed by atoms with Crippen molar-refractivity contribution in [3.8, 4) is 0 Å². The highest BCUT2D eigenvalue weighted by Crippen LogP contribution is 1.97. The van der Waals surface area contributed by atoms with Crippen LogP contribution in [0.1, 0.15) is 0 Å².